The lowest BCUT2D eigenvalue weighted by molar-refractivity contribution is 0.425. The maximum Gasteiger partial charge on any atom is 0.217 e. The monoisotopic (exact) mass is 221 g/mol. The highest BCUT2D eigenvalue weighted by molar-refractivity contribution is 7.92. The highest BCUT2D eigenvalue weighted by Gasteiger charge is 2.25. The normalized spacial score (nSPS) is 13.9. The smallest absolute Gasteiger partial charge is 0.217 e. The Hall–Kier alpha value is -1.01. The molecule has 0 radical (unpaired) electrons. The van der Waals surface area contributed by atoms with Gasteiger partial charge in [0.1, 0.15) is 5.82 Å². The number of nitrogens with two attached hydrogens (primary N) is 1. The van der Waals surface area contributed by atoms with Crippen molar-refractivity contribution in [1.29, 1.82) is 0 Å². The van der Waals surface area contributed by atoms with Crippen molar-refractivity contribution in [3.05, 3.63) is 30.1 Å². The van der Waals surface area contributed by atoms with Crippen molar-refractivity contribution in [3.63, 3.8) is 0 Å². The first-order chi connectivity index (χ1) is 6.48. The van der Waals surface area contributed by atoms with Crippen LogP contribution in [0.1, 0.15) is 0 Å². The molecular weight excluding hydrogens is 212 g/mol. The zero-order valence-electron chi connectivity index (χ0n) is 7.15. The van der Waals surface area contributed by atoms with Gasteiger partial charge in [0.2, 0.25) is 15.3 Å². The number of hydrogen-bond donors (Lipinski definition) is 1. The minimum atomic E-state index is -4.06. The van der Waals surface area contributed by atoms with Crippen LogP contribution in [0, 0.1) is 5.82 Å². The fourth-order valence-corrected chi connectivity index (χ4v) is 1.96. The zero-order valence-corrected chi connectivity index (χ0v) is 7.97. The first kappa shape index (κ1) is 11.1. The van der Waals surface area contributed by atoms with Crippen LogP contribution in [0.3, 0.4) is 0 Å². The molecule has 0 aliphatic heterocycles. The number of rotatable bonds is 3. The molecule has 0 fully saturated rings. The molecule has 2 N–H and O–H groups in total. The molecule has 0 aliphatic carbocycles. The predicted octanol–water partition coefficient (Wildman–Crippen LogP) is 0.854. The summed E-state index contributed by atoms with van der Waals surface area (Å²) in [5.41, 5.74) is 2.75. The Kier molecular flexibility index (Phi) is 3.17. The summed E-state index contributed by atoms with van der Waals surface area (Å²) < 4.78 is 47.9. The molecule has 0 saturated heterocycles. The SMILES string of the molecule is NCC(F)S(=O)(=O)c1ccc(F)cc1. The van der Waals surface area contributed by atoms with Crippen LogP contribution < -0.4 is 5.73 Å². The van der Waals surface area contributed by atoms with Crippen LogP contribution in [0.2, 0.25) is 0 Å². The Labute approximate surface area is 80.5 Å². The Balaban J connectivity index is 3.11. The van der Waals surface area contributed by atoms with E-state index in [0.29, 0.717) is 0 Å². The first-order valence-electron chi connectivity index (χ1n) is 3.82. The summed E-state index contributed by atoms with van der Waals surface area (Å²) in [5, 5.41) is 0. The average molecular weight is 221 g/mol. The fourth-order valence-electron chi connectivity index (χ4n) is 0.899. The Morgan fingerprint density at radius 3 is 2.21 bits per heavy atom. The summed E-state index contributed by atoms with van der Waals surface area (Å²) in [6, 6.07) is 3.92. The number of halogens is 2. The van der Waals surface area contributed by atoms with Crippen molar-refractivity contribution in [2.24, 2.45) is 5.73 Å². The first-order valence-corrected chi connectivity index (χ1v) is 5.36. The van der Waals surface area contributed by atoms with Gasteiger partial charge >= 0.3 is 0 Å². The zero-order chi connectivity index (χ0) is 10.8. The quantitative estimate of drug-likeness (QED) is 0.770. The fraction of sp³-hybridized carbons (Fsp3) is 0.250. The number of hydrogen-bond acceptors (Lipinski definition) is 3. The highest BCUT2D eigenvalue weighted by atomic mass is 32.2. The van der Waals surface area contributed by atoms with Gasteiger partial charge in [-0.2, -0.15) is 0 Å². The van der Waals surface area contributed by atoms with Gasteiger partial charge in [0.05, 0.1) is 4.90 Å². The minimum absolute atomic E-state index is 0.267. The molecule has 0 saturated carbocycles. The van der Waals surface area contributed by atoms with Gasteiger partial charge in [-0.15, -0.1) is 0 Å². The van der Waals surface area contributed by atoms with Crippen molar-refractivity contribution in [2.45, 2.75) is 10.4 Å². The molecule has 0 aliphatic rings. The molecule has 1 rings (SSSR count). The summed E-state index contributed by atoms with van der Waals surface area (Å²) in [6.45, 7) is -0.611. The Bertz CT molecular complexity index is 402. The van der Waals surface area contributed by atoms with E-state index in [4.69, 9.17) is 5.73 Å². The molecule has 1 aromatic carbocycles. The van der Waals surface area contributed by atoms with Crippen LogP contribution >= 0.6 is 0 Å². The summed E-state index contributed by atoms with van der Waals surface area (Å²) in [7, 11) is -4.06. The molecule has 1 atom stereocenters. The van der Waals surface area contributed by atoms with E-state index in [1.54, 1.807) is 0 Å². The van der Waals surface area contributed by atoms with E-state index in [0.717, 1.165) is 24.3 Å². The van der Waals surface area contributed by atoms with E-state index >= 15 is 0 Å². The maximum atomic E-state index is 12.9. The molecule has 0 amide bonds. The number of alkyl halides is 1. The molecule has 0 bridgehead atoms. The van der Waals surface area contributed by atoms with Gasteiger partial charge in [-0.05, 0) is 24.3 Å². The Morgan fingerprint density at radius 1 is 1.29 bits per heavy atom. The van der Waals surface area contributed by atoms with Crippen molar-refractivity contribution in [3.8, 4) is 0 Å². The number of benzene rings is 1. The van der Waals surface area contributed by atoms with Crippen LogP contribution in [0.15, 0.2) is 29.2 Å². The van der Waals surface area contributed by atoms with Gasteiger partial charge in [0.15, 0.2) is 0 Å². The topological polar surface area (TPSA) is 60.2 Å². The molecular formula is C8H9F2NO2S. The predicted molar refractivity (Wildman–Crippen MR) is 47.5 cm³/mol. The van der Waals surface area contributed by atoms with Crippen LogP contribution in [0.4, 0.5) is 8.78 Å². The van der Waals surface area contributed by atoms with Crippen LogP contribution in [-0.4, -0.2) is 20.5 Å². The minimum Gasteiger partial charge on any atom is -0.327 e. The van der Waals surface area contributed by atoms with Crippen molar-refractivity contribution in [2.75, 3.05) is 6.54 Å². The van der Waals surface area contributed by atoms with Crippen LogP contribution in [0.5, 0.6) is 0 Å². The summed E-state index contributed by atoms with van der Waals surface area (Å²) in [6.07, 6.45) is 0. The third-order valence-electron chi connectivity index (χ3n) is 1.66. The lowest BCUT2D eigenvalue weighted by Crippen LogP contribution is -2.25. The van der Waals surface area contributed by atoms with E-state index in [2.05, 4.69) is 0 Å². The maximum absolute atomic E-state index is 12.9. The molecule has 6 heteroatoms. The summed E-state index contributed by atoms with van der Waals surface area (Å²) >= 11 is 0. The molecule has 0 spiro atoms. The van der Waals surface area contributed by atoms with Gasteiger partial charge in [0.25, 0.3) is 0 Å². The van der Waals surface area contributed by atoms with Gasteiger partial charge < -0.3 is 5.73 Å². The Morgan fingerprint density at radius 2 is 1.79 bits per heavy atom. The van der Waals surface area contributed by atoms with E-state index in [-0.39, 0.29) is 4.90 Å². The summed E-state index contributed by atoms with van der Waals surface area (Å²) in [5.74, 6) is -0.577. The second-order valence-electron chi connectivity index (χ2n) is 2.64. The van der Waals surface area contributed by atoms with Gasteiger partial charge in [-0.1, -0.05) is 0 Å². The van der Waals surface area contributed by atoms with E-state index in [1.165, 1.54) is 0 Å². The van der Waals surface area contributed by atoms with Gasteiger partial charge in [-0.3, -0.25) is 0 Å². The molecule has 14 heavy (non-hydrogen) atoms. The third-order valence-corrected chi connectivity index (χ3v) is 3.46. The molecule has 0 aromatic heterocycles. The van der Waals surface area contributed by atoms with Gasteiger partial charge in [-0.25, -0.2) is 17.2 Å². The van der Waals surface area contributed by atoms with E-state index in [9.17, 15) is 17.2 Å². The van der Waals surface area contributed by atoms with E-state index in [1.807, 2.05) is 0 Å². The average Bonchev–Trinajstić information content (AvgIpc) is 2.17. The molecule has 1 aromatic rings. The number of sulfone groups is 1. The van der Waals surface area contributed by atoms with Crippen molar-refractivity contribution in [1.82, 2.24) is 0 Å². The second kappa shape index (κ2) is 4.02. The lowest BCUT2D eigenvalue weighted by atomic mass is 10.4. The molecule has 0 heterocycles. The van der Waals surface area contributed by atoms with Gasteiger partial charge in [0, 0.05) is 6.54 Å². The van der Waals surface area contributed by atoms with Crippen LogP contribution in [0.25, 0.3) is 0 Å². The standard InChI is InChI=1S/C8H9F2NO2S/c9-6-1-3-7(4-2-6)14(12,13)8(10)5-11/h1-4,8H,5,11H2. The molecule has 3 nitrogen and oxygen atoms in total. The molecule has 1 unspecified atom stereocenters. The third kappa shape index (κ3) is 2.08. The van der Waals surface area contributed by atoms with Crippen molar-refractivity contribution < 1.29 is 17.2 Å². The van der Waals surface area contributed by atoms with E-state index < -0.39 is 27.7 Å². The molecule has 78 valence electrons. The lowest BCUT2D eigenvalue weighted by Gasteiger charge is -2.06. The largest absolute Gasteiger partial charge is 0.327 e. The summed E-state index contributed by atoms with van der Waals surface area (Å²) in [4.78, 5) is -0.267. The van der Waals surface area contributed by atoms with Crippen LogP contribution in [-0.2, 0) is 9.84 Å². The highest BCUT2D eigenvalue weighted by Crippen LogP contribution is 2.16. The second-order valence-corrected chi connectivity index (χ2v) is 4.72. The van der Waals surface area contributed by atoms with Crippen molar-refractivity contribution >= 4 is 9.84 Å².